The lowest BCUT2D eigenvalue weighted by Gasteiger charge is -2.36. The van der Waals surface area contributed by atoms with Crippen molar-refractivity contribution in [3.8, 4) is 5.75 Å². The van der Waals surface area contributed by atoms with Crippen LogP contribution in [0.1, 0.15) is 31.0 Å². The first-order chi connectivity index (χ1) is 9.70. The molecule has 3 rings (SSSR count). The maximum atomic E-state index is 5.88. The zero-order chi connectivity index (χ0) is 14.1. The first-order valence-corrected chi connectivity index (χ1v) is 9.17. The highest BCUT2D eigenvalue weighted by Crippen LogP contribution is 2.43. The van der Waals surface area contributed by atoms with Crippen LogP contribution < -0.4 is 16.0 Å². The van der Waals surface area contributed by atoms with Gasteiger partial charge < -0.3 is 4.74 Å². The highest BCUT2D eigenvalue weighted by Gasteiger charge is 2.34. The molecular weight excluding hydrogens is 288 g/mol. The molecule has 5 heteroatoms. The van der Waals surface area contributed by atoms with E-state index in [0.29, 0.717) is 15.7 Å². The summed E-state index contributed by atoms with van der Waals surface area (Å²) in [6.07, 6.45) is 1.01. The van der Waals surface area contributed by atoms with Crippen LogP contribution in [0, 0.1) is 0 Å². The Morgan fingerprint density at radius 3 is 2.95 bits per heavy atom. The molecule has 4 unspecified atom stereocenters. The van der Waals surface area contributed by atoms with Gasteiger partial charge in [-0.25, -0.2) is 0 Å². The van der Waals surface area contributed by atoms with Gasteiger partial charge in [-0.3, -0.25) is 11.3 Å². The topological polar surface area (TPSA) is 47.3 Å². The van der Waals surface area contributed by atoms with Gasteiger partial charge in [-0.1, -0.05) is 32.0 Å². The minimum atomic E-state index is 0.163. The average Bonchev–Trinajstić information content (AvgIpc) is 2.93. The van der Waals surface area contributed by atoms with E-state index in [1.54, 1.807) is 0 Å². The lowest BCUT2D eigenvalue weighted by molar-refractivity contribution is 0.348. The predicted octanol–water partition coefficient (Wildman–Crippen LogP) is 2.75. The number of nitrogens with one attached hydrogen (secondary N) is 1. The number of benzene rings is 1. The van der Waals surface area contributed by atoms with Crippen molar-refractivity contribution in [2.45, 2.75) is 42.1 Å². The quantitative estimate of drug-likeness (QED) is 0.664. The number of ether oxygens (including phenoxy) is 1. The zero-order valence-corrected chi connectivity index (χ0v) is 13.6. The molecule has 110 valence electrons. The molecule has 2 aliphatic rings. The largest absolute Gasteiger partial charge is 0.493 e. The minimum Gasteiger partial charge on any atom is -0.493 e. The van der Waals surface area contributed by atoms with E-state index in [1.165, 1.54) is 11.1 Å². The third-order valence-electron chi connectivity index (χ3n) is 4.21. The fourth-order valence-electron chi connectivity index (χ4n) is 2.87. The van der Waals surface area contributed by atoms with E-state index in [2.05, 4.69) is 37.5 Å². The number of thioether (sulfide) groups is 2. The first kappa shape index (κ1) is 14.6. The van der Waals surface area contributed by atoms with Crippen molar-refractivity contribution in [3.63, 3.8) is 0 Å². The number of nitrogens with two attached hydrogens (primary N) is 1. The van der Waals surface area contributed by atoms with Gasteiger partial charge in [0.25, 0.3) is 0 Å². The lowest BCUT2D eigenvalue weighted by atomic mass is 10.0. The highest BCUT2D eigenvalue weighted by atomic mass is 32.2. The number of hydrogen-bond acceptors (Lipinski definition) is 5. The summed E-state index contributed by atoms with van der Waals surface area (Å²) in [6.45, 7) is 5.42. The van der Waals surface area contributed by atoms with Gasteiger partial charge in [-0.05, 0) is 5.56 Å². The Hall–Kier alpha value is -0.360. The molecule has 0 aromatic heterocycles. The summed E-state index contributed by atoms with van der Waals surface area (Å²) in [5.41, 5.74) is 5.58. The van der Waals surface area contributed by atoms with E-state index in [9.17, 15) is 0 Å². The van der Waals surface area contributed by atoms with Crippen LogP contribution in [0.2, 0.25) is 0 Å². The highest BCUT2D eigenvalue weighted by molar-refractivity contribution is 8.07. The van der Waals surface area contributed by atoms with E-state index < -0.39 is 0 Å². The number of hydrogen-bond donors (Lipinski definition) is 2. The lowest BCUT2D eigenvalue weighted by Crippen LogP contribution is -2.40. The van der Waals surface area contributed by atoms with Gasteiger partial charge in [-0.2, -0.15) is 23.5 Å². The van der Waals surface area contributed by atoms with Crippen molar-refractivity contribution >= 4 is 23.5 Å². The summed E-state index contributed by atoms with van der Waals surface area (Å²) in [7, 11) is 0. The van der Waals surface area contributed by atoms with Crippen LogP contribution in [-0.2, 0) is 6.42 Å². The molecule has 0 amide bonds. The van der Waals surface area contributed by atoms with Crippen LogP contribution in [0.3, 0.4) is 0 Å². The molecule has 0 aliphatic carbocycles. The molecule has 0 spiro atoms. The van der Waals surface area contributed by atoms with Crippen molar-refractivity contribution < 1.29 is 4.74 Å². The van der Waals surface area contributed by atoms with Gasteiger partial charge >= 0.3 is 0 Å². The van der Waals surface area contributed by atoms with Gasteiger partial charge in [0.05, 0.1) is 12.6 Å². The second-order valence-corrected chi connectivity index (χ2v) is 8.53. The predicted molar refractivity (Wildman–Crippen MR) is 88.5 cm³/mol. The summed E-state index contributed by atoms with van der Waals surface area (Å²) >= 11 is 4.10. The van der Waals surface area contributed by atoms with Crippen LogP contribution in [-0.4, -0.2) is 28.1 Å². The second kappa shape index (κ2) is 6.18. The summed E-state index contributed by atoms with van der Waals surface area (Å²) in [5.74, 6) is 8.08. The third-order valence-corrected chi connectivity index (χ3v) is 7.70. The zero-order valence-electron chi connectivity index (χ0n) is 12.0. The number of fused-ring (bicyclic) bond motifs is 1. The van der Waals surface area contributed by atoms with Crippen LogP contribution >= 0.6 is 23.5 Å². The van der Waals surface area contributed by atoms with Crippen molar-refractivity contribution in [1.82, 2.24) is 5.43 Å². The van der Waals surface area contributed by atoms with Crippen LogP contribution in [0.15, 0.2) is 18.2 Å². The smallest absolute Gasteiger partial charge is 0.127 e. The van der Waals surface area contributed by atoms with Crippen molar-refractivity contribution in [1.29, 1.82) is 0 Å². The fraction of sp³-hybridized carbons (Fsp3) is 0.600. The summed E-state index contributed by atoms with van der Waals surface area (Å²) in [4.78, 5) is 0. The molecule has 2 heterocycles. The number of para-hydroxylation sites is 1. The molecule has 3 nitrogen and oxygen atoms in total. The summed E-state index contributed by atoms with van der Waals surface area (Å²) < 4.78 is 5.84. The van der Waals surface area contributed by atoms with Crippen molar-refractivity contribution in [2.24, 2.45) is 5.84 Å². The van der Waals surface area contributed by atoms with Gasteiger partial charge in [0.1, 0.15) is 5.75 Å². The van der Waals surface area contributed by atoms with E-state index in [4.69, 9.17) is 10.6 Å². The third kappa shape index (κ3) is 2.69. The molecule has 0 bridgehead atoms. The van der Waals surface area contributed by atoms with Crippen molar-refractivity contribution in [3.05, 3.63) is 29.3 Å². The van der Waals surface area contributed by atoms with Gasteiger partial charge in [0.15, 0.2) is 0 Å². The molecule has 2 aliphatic heterocycles. The molecule has 1 fully saturated rings. The van der Waals surface area contributed by atoms with E-state index in [1.807, 2.05) is 23.5 Å². The molecule has 3 N–H and O–H groups in total. The van der Waals surface area contributed by atoms with Crippen LogP contribution in [0.5, 0.6) is 5.75 Å². The summed E-state index contributed by atoms with van der Waals surface area (Å²) in [6, 6.07) is 6.60. The first-order valence-electron chi connectivity index (χ1n) is 7.18. The Bertz CT molecular complexity index is 483. The molecule has 1 aromatic rings. The van der Waals surface area contributed by atoms with Gasteiger partial charge in [0.2, 0.25) is 0 Å². The van der Waals surface area contributed by atoms with Crippen LogP contribution in [0.4, 0.5) is 0 Å². The maximum absolute atomic E-state index is 5.88. The Morgan fingerprint density at radius 2 is 2.20 bits per heavy atom. The molecule has 4 atom stereocenters. The Morgan fingerprint density at radius 1 is 1.35 bits per heavy atom. The molecule has 1 saturated heterocycles. The second-order valence-electron chi connectivity index (χ2n) is 5.50. The molecule has 1 aromatic carbocycles. The summed E-state index contributed by atoms with van der Waals surface area (Å²) in [5, 5.41) is 1.87. The SMILES string of the molecule is CC1SCC(C(NN)c2cccc3c2OCC3)SC1C. The van der Waals surface area contributed by atoms with E-state index in [0.717, 1.165) is 24.5 Å². The molecule has 0 saturated carbocycles. The Balaban J connectivity index is 1.85. The van der Waals surface area contributed by atoms with Crippen LogP contribution in [0.25, 0.3) is 0 Å². The number of rotatable bonds is 3. The Labute approximate surface area is 129 Å². The molecular formula is C15H22N2OS2. The molecule has 0 radical (unpaired) electrons. The minimum absolute atomic E-state index is 0.163. The van der Waals surface area contributed by atoms with Gasteiger partial charge in [-0.15, -0.1) is 0 Å². The standard InChI is InChI=1S/C15H22N2OS2/c1-9-10(2)20-13(8-19-9)14(17-16)12-5-3-4-11-6-7-18-15(11)12/h3-5,9-10,13-14,17H,6-8,16H2,1-2H3. The van der Waals surface area contributed by atoms with Gasteiger partial charge in [0, 0.05) is 33.5 Å². The molecule has 20 heavy (non-hydrogen) atoms. The van der Waals surface area contributed by atoms with Crippen molar-refractivity contribution in [2.75, 3.05) is 12.4 Å². The van der Waals surface area contributed by atoms with E-state index in [-0.39, 0.29) is 6.04 Å². The number of hydrazine groups is 1. The van der Waals surface area contributed by atoms with E-state index >= 15 is 0 Å². The Kier molecular flexibility index (Phi) is 4.50. The normalized spacial score (nSPS) is 30.6. The fourth-order valence-corrected chi connectivity index (χ4v) is 5.96. The average molecular weight is 310 g/mol. The monoisotopic (exact) mass is 310 g/mol. The maximum Gasteiger partial charge on any atom is 0.127 e.